The van der Waals surface area contributed by atoms with E-state index in [9.17, 15) is 4.79 Å². The molecule has 1 unspecified atom stereocenters. The van der Waals surface area contributed by atoms with Gasteiger partial charge in [-0.25, -0.2) is 4.98 Å². The molecule has 0 spiro atoms. The Morgan fingerprint density at radius 2 is 2.23 bits per heavy atom. The molecule has 7 nitrogen and oxygen atoms in total. The van der Waals surface area contributed by atoms with E-state index in [0.29, 0.717) is 4.34 Å². The van der Waals surface area contributed by atoms with Crippen LogP contribution >= 0.6 is 34.6 Å². The minimum Gasteiger partial charge on any atom is -0.388 e. The van der Waals surface area contributed by atoms with Crippen molar-refractivity contribution in [1.29, 1.82) is 0 Å². The molecule has 1 aliphatic rings. The van der Waals surface area contributed by atoms with Crippen LogP contribution in [0.3, 0.4) is 0 Å². The number of hydrogen-bond donors (Lipinski definition) is 1. The fraction of sp³-hybridized carbons (Fsp3) is 0.188. The van der Waals surface area contributed by atoms with Crippen molar-refractivity contribution in [3.8, 4) is 0 Å². The highest BCUT2D eigenvalue weighted by Crippen LogP contribution is 2.30. The summed E-state index contributed by atoms with van der Waals surface area (Å²) in [6.45, 7) is 0. The summed E-state index contributed by atoms with van der Waals surface area (Å²) in [4.78, 5) is 26.8. The highest BCUT2D eigenvalue weighted by atomic mass is 32.2. The predicted molar refractivity (Wildman–Crippen MR) is 105 cm³/mol. The number of carbonyl (C=O) groups excluding carboxylic acids is 1. The summed E-state index contributed by atoms with van der Waals surface area (Å²) in [7, 11) is 0. The zero-order chi connectivity index (χ0) is 17.9. The lowest BCUT2D eigenvalue weighted by Gasteiger charge is -2.06. The van der Waals surface area contributed by atoms with E-state index in [1.54, 1.807) is 0 Å². The largest absolute Gasteiger partial charge is 0.388 e. The maximum Gasteiger partial charge on any atom is 0.252 e. The van der Waals surface area contributed by atoms with Crippen LogP contribution in [0.5, 0.6) is 0 Å². The Morgan fingerprint density at radius 1 is 1.35 bits per heavy atom. The van der Waals surface area contributed by atoms with E-state index < -0.39 is 0 Å². The molecule has 4 rings (SSSR count). The summed E-state index contributed by atoms with van der Waals surface area (Å²) in [6.07, 6.45) is 5.58. The maximum absolute atomic E-state index is 12.8. The first-order chi connectivity index (χ1) is 12.7. The van der Waals surface area contributed by atoms with Gasteiger partial charge in [0.05, 0.1) is 10.2 Å². The first kappa shape index (κ1) is 17.1. The minimum absolute atomic E-state index is 0.0440. The molecule has 0 aliphatic heterocycles. The van der Waals surface area contributed by atoms with Gasteiger partial charge in [0.2, 0.25) is 11.5 Å². The molecular weight excluding hydrogens is 390 g/mol. The number of rotatable bonds is 5. The number of aromatic nitrogens is 3. The number of nitrogen functional groups attached to an aromatic ring is 1. The number of thioether (sulfide) groups is 1. The van der Waals surface area contributed by atoms with Crippen molar-refractivity contribution < 1.29 is 9.63 Å². The molecule has 0 saturated heterocycles. The third-order valence-corrected chi connectivity index (χ3v) is 6.07. The SMILES string of the molecule is Nc1nc(/C(=N/OC2C=CCC2)C(=O)Sc2nc3ccccc3s2)ns1. The van der Waals surface area contributed by atoms with Gasteiger partial charge in [-0.15, -0.1) is 11.3 Å². The molecule has 0 amide bonds. The average Bonchev–Trinajstić information content (AvgIpc) is 3.35. The van der Waals surface area contributed by atoms with Gasteiger partial charge in [0.15, 0.2) is 9.47 Å². The van der Waals surface area contributed by atoms with Crippen LogP contribution in [-0.4, -0.2) is 31.3 Å². The first-order valence-corrected chi connectivity index (χ1v) is 10.2. The molecule has 26 heavy (non-hydrogen) atoms. The molecule has 0 bridgehead atoms. The number of fused-ring (bicyclic) bond motifs is 1. The molecular formula is C16H13N5O2S3. The lowest BCUT2D eigenvalue weighted by Crippen LogP contribution is -2.16. The number of oxime groups is 1. The summed E-state index contributed by atoms with van der Waals surface area (Å²) in [5, 5.41) is 3.98. The molecule has 132 valence electrons. The minimum atomic E-state index is -0.330. The summed E-state index contributed by atoms with van der Waals surface area (Å²) < 4.78 is 5.74. The number of allylic oxidation sites excluding steroid dienone is 1. The Hall–Kier alpha value is -2.30. The number of thiazole rings is 1. The van der Waals surface area contributed by atoms with Crippen LogP contribution < -0.4 is 5.73 Å². The van der Waals surface area contributed by atoms with Crippen LogP contribution in [0.25, 0.3) is 10.2 Å². The predicted octanol–water partition coefficient (Wildman–Crippen LogP) is 3.49. The van der Waals surface area contributed by atoms with Crippen molar-refractivity contribution in [2.24, 2.45) is 5.16 Å². The average molecular weight is 404 g/mol. The molecule has 3 aromatic rings. The van der Waals surface area contributed by atoms with Gasteiger partial charge in [-0.3, -0.25) is 4.79 Å². The number of para-hydroxylation sites is 1. The standard InChI is InChI=1S/C16H13N5O2S3/c17-15-19-13(21-26-15)12(20-23-9-5-1-2-6-9)14(22)25-16-18-10-7-3-4-8-11(10)24-16/h1,3-5,7-9H,2,6H2,(H2,17,19,21)/b20-12-. The van der Waals surface area contributed by atoms with Gasteiger partial charge in [-0.2, -0.15) is 9.36 Å². The lowest BCUT2D eigenvalue weighted by atomic mass is 10.3. The molecule has 0 saturated carbocycles. The third kappa shape index (κ3) is 3.76. The number of nitrogens with zero attached hydrogens (tertiary/aromatic N) is 4. The van der Waals surface area contributed by atoms with Crippen molar-refractivity contribution in [1.82, 2.24) is 14.3 Å². The zero-order valence-corrected chi connectivity index (χ0v) is 15.8. The van der Waals surface area contributed by atoms with Gasteiger partial charge in [0, 0.05) is 11.5 Å². The number of benzene rings is 1. The lowest BCUT2D eigenvalue weighted by molar-refractivity contribution is -0.105. The molecule has 2 N–H and O–H groups in total. The van der Waals surface area contributed by atoms with Crippen molar-refractivity contribution in [2.75, 3.05) is 5.73 Å². The Kier molecular flexibility index (Phi) is 4.96. The quantitative estimate of drug-likeness (QED) is 0.301. The van der Waals surface area contributed by atoms with Crippen LogP contribution in [-0.2, 0) is 9.63 Å². The van der Waals surface area contributed by atoms with E-state index in [0.717, 1.165) is 46.4 Å². The Balaban J connectivity index is 1.58. The highest BCUT2D eigenvalue weighted by molar-refractivity contribution is 8.16. The van der Waals surface area contributed by atoms with E-state index >= 15 is 0 Å². The summed E-state index contributed by atoms with van der Waals surface area (Å²) >= 11 is 3.45. The van der Waals surface area contributed by atoms with E-state index in [1.165, 1.54) is 11.3 Å². The second kappa shape index (κ2) is 7.52. The fourth-order valence-electron chi connectivity index (χ4n) is 2.34. The second-order valence-corrected chi connectivity index (χ2v) is 8.42. The zero-order valence-electron chi connectivity index (χ0n) is 13.4. The smallest absolute Gasteiger partial charge is 0.252 e. The van der Waals surface area contributed by atoms with Crippen LogP contribution in [0.1, 0.15) is 18.7 Å². The highest BCUT2D eigenvalue weighted by Gasteiger charge is 2.24. The van der Waals surface area contributed by atoms with Crippen molar-refractivity contribution in [3.63, 3.8) is 0 Å². The van der Waals surface area contributed by atoms with Gasteiger partial charge >= 0.3 is 0 Å². The summed E-state index contributed by atoms with van der Waals surface area (Å²) in [5.74, 6) is 0.174. The second-order valence-electron chi connectivity index (χ2n) is 5.38. The van der Waals surface area contributed by atoms with Crippen LogP contribution in [0.2, 0.25) is 0 Å². The van der Waals surface area contributed by atoms with Gasteiger partial charge < -0.3 is 10.6 Å². The maximum atomic E-state index is 12.8. The first-order valence-electron chi connectivity index (χ1n) is 7.77. The van der Waals surface area contributed by atoms with E-state index in [-0.39, 0.29) is 27.9 Å². The molecule has 1 aliphatic carbocycles. The van der Waals surface area contributed by atoms with Gasteiger partial charge in [0.25, 0.3) is 5.12 Å². The Bertz CT molecular complexity index is 977. The normalized spacial score (nSPS) is 17.1. The monoisotopic (exact) mass is 403 g/mol. The van der Waals surface area contributed by atoms with Crippen LogP contribution in [0.4, 0.5) is 5.13 Å². The van der Waals surface area contributed by atoms with Crippen LogP contribution in [0, 0.1) is 0 Å². The number of anilines is 1. The third-order valence-electron chi connectivity index (χ3n) is 3.55. The van der Waals surface area contributed by atoms with Crippen molar-refractivity contribution in [3.05, 3.63) is 42.2 Å². The Labute approximate surface area is 161 Å². The van der Waals surface area contributed by atoms with E-state index in [2.05, 4.69) is 19.5 Å². The number of hydrogen-bond acceptors (Lipinski definition) is 10. The molecule has 2 aromatic heterocycles. The number of nitrogens with two attached hydrogens (primary N) is 1. The van der Waals surface area contributed by atoms with E-state index in [1.807, 2.05) is 36.4 Å². The van der Waals surface area contributed by atoms with Gasteiger partial charge in [0.1, 0.15) is 6.10 Å². The topological polar surface area (TPSA) is 103 Å². The molecule has 1 atom stereocenters. The fourth-order valence-corrected chi connectivity index (χ4v) is 4.66. The molecule has 1 aromatic carbocycles. The van der Waals surface area contributed by atoms with Crippen molar-refractivity contribution >= 4 is 60.8 Å². The summed E-state index contributed by atoms with van der Waals surface area (Å²) in [6, 6.07) is 7.73. The molecule has 0 radical (unpaired) electrons. The Morgan fingerprint density at radius 3 is 2.96 bits per heavy atom. The van der Waals surface area contributed by atoms with Gasteiger partial charge in [-0.1, -0.05) is 23.4 Å². The molecule has 10 heteroatoms. The molecule has 0 fully saturated rings. The van der Waals surface area contributed by atoms with Crippen LogP contribution in [0.15, 0.2) is 45.9 Å². The number of carbonyl (C=O) groups is 1. The van der Waals surface area contributed by atoms with Gasteiger partial charge in [-0.05, 0) is 42.8 Å². The summed E-state index contributed by atoms with van der Waals surface area (Å²) in [5.41, 5.74) is 6.55. The van der Waals surface area contributed by atoms with E-state index in [4.69, 9.17) is 10.6 Å². The molecule has 2 heterocycles. The van der Waals surface area contributed by atoms with Crippen molar-refractivity contribution in [2.45, 2.75) is 23.3 Å².